The fourth-order valence-corrected chi connectivity index (χ4v) is 3.72. The van der Waals surface area contributed by atoms with Gasteiger partial charge in [0.15, 0.2) is 0 Å². The van der Waals surface area contributed by atoms with Crippen LogP contribution >= 0.6 is 0 Å². The third kappa shape index (κ3) is 13.0. The highest BCUT2D eigenvalue weighted by Gasteiger charge is 2.31. The lowest BCUT2D eigenvalue weighted by molar-refractivity contribution is -0.142. The van der Waals surface area contributed by atoms with Gasteiger partial charge < -0.3 is 49.1 Å². The maximum absolute atomic E-state index is 13.1. The number of phenolic OH excluding ortho intramolecular Hbond substituents is 1. The van der Waals surface area contributed by atoms with Gasteiger partial charge in [0.2, 0.25) is 23.6 Å². The molecule has 4 amide bonds. The summed E-state index contributed by atoms with van der Waals surface area (Å²) in [6.07, 6.45) is 1.88. The van der Waals surface area contributed by atoms with Crippen molar-refractivity contribution < 1.29 is 34.2 Å². The SMILES string of the molecule is NCCCCC(NC(=O)C(CCCCN)NC(=O)C(CC(N)=O)NC(=O)C(N)Cc1ccc(O)cc1)C(=O)O. The molecule has 0 aliphatic rings. The van der Waals surface area contributed by atoms with Crippen LogP contribution in [-0.4, -0.2) is 77.1 Å². The number of aliphatic carboxylic acids is 1. The number of nitrogens with one attached hydrogen (secondary N) is 3. The van der Waals surface area contributed by atoms with Gasteiger partial charge in [-0.2, -0.15) is 0 Å². The van der Waals surface area contributed by atoms with Crippen LogP contribution < -0.4 is 38.9 Å². The number of carbonyl (C=O) groups is 5. The molecular formula is C25H41N7O7. The van der Waals surface area contributed by atoms with Gasteiger partial charge in [-0.15, -0.1) is 0 Å². The number of carbonyl (C=O) groups excluding carboxylic acids is 4. The van der Waals surface area contributed by atoms with Crippen molar-refractivity contribution >= 4 is 29.6 Å². The topological polar surface area (TPSA) is 266 Å². The van der Waals surface area contributed by atoms with E-state index in [9.17, 15) is 34.2 Å². The average molecular weight is 552 g/mol. The predicted molar refractivity (Wildman–Crippen MR) is 143 cm³/mol. The highest BCUT2D eigenvalue weighted by Crippen LogP contribution is 2.11. The van der Waals surface area contributed by atoms with E-state index >= 15 is 0 Å². The monoisotopic (exact) mass is 551 g/mol. The number of nitrogens with two attached hydrogens (primary N) is 4. The van der Waals surface area contributed by atoms with Gasteiger partial charge in [0.25, 0.3) is 0 Å². The lowest BCUT2D eigenvalue weighted by Crippen LogP contribution is -2.57. The molecule has 0 fully saturated rings. The second kappa shape index (κ2) is 17.7. The van der Waals surface area contributed by atoms with E-state index < -0.39 is 60.2 Å². The van der Waals surface area contributed by atoms with E-state index in [1.807, 2.05) is 0 Å². The first-order chi connectivity index (χ1) is 18.5. The first-order valence-corrected chi connectivity index (χ1v) is 12.8. The first-order valence-electron chi connectivity index (χ1n) is 12.8. The number of carboxylic acid groups (broad SMARTS) is 1. The molecule has 0 aromatic heterocycles. The maximum atomic E-state index is 13.1. The zero-order chi connectivity index (χ0) is 29.4. The molecule has 39 heavy (non-hydrogen) atoms. The van der Waals surface area contributed by atoms with Gasteiger partial charge >= 0.3 is 5.97 Å². The number of hydrogen-bond donors (Lipinski definition) is 9. The molecule has 218 valence electrons. The molecule has 1 aromatic rings. The molecule has 13 N–H and O–H groups in total. The summed E-state index contributed by atoms with van der Waals surface area (Å²) in [7, 11) is 0. The molecule has 1 rings (SSSR count). The van der Waals surface area contributed by atoms with Crippen LogP contribution in [0.5, 0.6) is 5.75 Å². The fraction of sp³-hybridized carbons (Fsp3) is 0.560. The van der Waals surface area contributed by atoms with Gasteiger partial charge in [-0.05, 0) is 75.7 Å². The summed E-state index contributed by atoms with van der Waals surface area (Å²) in [5, 5.41) is 26.2. The van der Waals surface area contributed by atoms with Crippen molar-refractivity contribution in [2.24, 2.45) is 22.9 Å². The molecule has 14 nitrogen and oxygen atoms in total. The molecule has 0 aliphatic heterocycles. The van der Waals surface area contributed by atoms with Gasteiger partial charge in [-0.25, -0.2) is 4.79 Å². The quantitative estimate of drug-likeness (QED) is 0.0848. The number of carboxylic acids is 1. The van der Waals surface area contributed by atoms with E-state index in [-0.39, 0.29) is 25.0 Å². The van der Waals surface area contributed by atoms with Crippen molar-refractivity contribution in [3.05, 3.63) is 29.8 Å². The molecule has 4 atom stereocenters. The lowest BCUT2D eigenvalue weighted by Gasteiger charge is -2.25. The Morgan fingerprint density at radius 3 is 1.74 bits per heavy atom. The number of unbranched alkanes of at least 4 members (excludes halogenated alkanes) is 2. The first kappa shape index (κ1) is 33.3. The van der Waals surface area contributed by atoms with Gasteiger partial charge in [-0.3, -0.25) is 19.2 Å². The molecule has 0 radical (unpaired) electrons. The Labute approximate surface area is 227 Å². The van der Waals surface area contributed by atoms with Crippen LogP contribution in [-0.2, 0) is 30.4 Å². The Bertz CT molecular complexity index is 959. The fourth-order valence-electron chi connectivity index (χ4n) is 3.72. The molecular weight excluding hydrogens is 510 g/mol. The van der Waals surface area contributed by atoms with E-state index in [2.05, 4.69) is 16.0 Å². The van der Waals surface area contributed by atoms with Crippen molar-refractivity contribution in [1.29, 1.82) is 0 Å². The molecule has 0 spiro atoms. The second-order valence-electron chi connectivity index (χ2n) is 9.24. The summed E-state index contributed by atoms with van der Waals surface area (Å²) in [5.74, 6) is -4.38. The number of primary amides is 1. The van der Waals surface area contributed by atoms with E-state index in [0.717, 1.165) is 0 Å². The molecule has 1 aromatic carbocycles. The van der Waals surface area contributed by atoms with Crippen LogP contribution in [0.25, 0.3) is 0 Å². The molecule has 0 bridgehead atoms. The third-order valence-corrected chi connectivity index (χ3v) is 5.91. The number of phenols is 1. The Balaban J connectivity index is 2.96. The molecule has 0 aliphatic carbocycles. The number of aromatic hydroxyl groups is 1. The average Bonchev–Trinajstić information content (AvgIpc) is 2.88. The number of hydrogen-bond acceptors (Lipinski definition) is 9. The van der Waals surface area contributed by atoms with Gasteiger partial charge in [0.1, 0.15) is 23.9 Å². The zero-order valence-corrected chi connectivity index (χ0v) is 21.9. The third-order valence-electron chi connectivity index (χ3n) is 5.91. The van der Waals surface area contributed by atoms with Crippen LogP contribution in [0.3, 0.4) is 0 Å². The van der Waals surface area contributed by atoms with Crippen molar-refractivity contribution in [2.45, 2.75) is 75.5 Å². The summed E-state index contributed by atoms with van der Waals surface area (Å²) in [6, 6.07) is 1.19. The molecule has 0 saturated carbocycles. The summed E-state index contributed by atoms with van der Waals surface area (Å²) in [4.78, 5) is 62.0. The van der Waals surface area contributed by atoms with Gasteiger partial charge in [-0.1, -0.05) is 12.1 Å². The van der Waals surface area contributed by atoms with Crippen LogP contribution in [0.4, 0.5) is 0 Å². The van der Waals surface area contributed by atoms with Crippen molar-refractivity contribution in [3.63, 3.8) is 0 Å². The van der Waals surface area contributed by atoms with Crippen LogP contribution in [0, 0.1) is 0 Å². The van der Waals surface area contributed by atoms with Crippen molar-refractivity contribution in [2.75, 3.05) is 13.1 Å². The Morgan fingerprint density at radius 1 is 0.744 bits per heavy atom. The Kier molecular flexibility index (Phi) is 15.1. The molecule has 14 heteroatoms. The zero-order valence-electron chi connectivity index (χ0n) is 21.9. The van der Waals surface area contributed by atoms with Crippen LogP contribution in [0.15, 0.2) is 24.3 Å². The molecule has 0 saturated heterocycles. The predicted octanol–water partition coefficient (Wildman–Crippen LogP) is -2.07. The highest BCUT2D eigenvalue weighted by atomic mass is 16.4. The molecule has 4 unspecified atom stereocenters. The van der Waals surface area contributed by atoms with Gasteiger partial charge in [0, 0.05) is 0 Å². The summed E-state index contributed by atoms with van der Waals surface area (Å²) in [5.41, 5.74) is 22.9. The summed E-state index contributed by atoms with van der Waals surface area (Å²) in [6.45, 7) is 0.724. The largest absolute Gasteiger partial charge is 0.508 e. The van der Waals surface area contributed by atoms with E-state index in [1.165, 1.54) is 12.1 Å². The van der Waals surface area contributed by atoms with E-state index in [0.29, 0.717) is 44.3 Å². The van der Waals surface area contributed by atoms with Gasteiger partial charge in [0.05, 0.1) is 12.5 Å². The van der Waals surface area contributed by atoms with Crippen molar-refractivity contribution in [1.82, 2.24) is 16.0 Å². The van der Waals surface area contributed by atoms with E-state index in [4.69, 9.17) is 22.9 Å². The standard InChI is InChI=1S/C25H41N7O7/c26-11-3-1-5-18(23(36)31-19(25(38)39)6-2-4-12-27)30-24(37)20(14-21(29)34)32-22(35)17(28)13-15-7-9-16(33)10-8-15/h7-10,17-20,33H,1-6,11-14,26-28H2,(H2,29,34)(H,30,37)(H,31,36)(H,32,35)(H,38,39). The number of amides is 4. The smallest absolute Gasteiger partial charge is 0.326 e. The minimum Gasteiger partial charge on any atom is -0.508 e. The van der Waals surface area contributed by atoms with Crippen LogP contribution in [0.2, 0.25) is 0 Å². The number of rotatable bonds is 19. The molecule has 0 heterocycles. The summed E-state index contributed by atoms with van der Waals surface area (Å²) < 4.78 is 0. The minimum absolute atomic E-state index is 0.0465. The maximum Gasteiger partial charge on any atom is 0.326 e. The lowest BCUT2D eigenvalue weighted by atomic mass is 10.0. The Morgan fingerprint density at radius 2 is 1.23 bits per heavy atom. The minimum atomic E-state index is -1.43. The summed E-state index contributed by atoms with van der Waals surface area (Å²) >= 11 is 0. The number of benzene rings is 1. The normalized spacial score (nSPS) is 13.9. The highest BCUT2D eigenvalue weighted by molar-refractivity contribution is 5.96. The van der Waals surface area contributed by atoms with Crippen molar-refractivity contribution in [3.8, 4) is 5.75 Å². The van der Waals surface area contributed by atoms with Crippen LogP contribution in [0.1, 0.15) is 50.5 Å². The Hall–Kier alpha value is -3.75. The van der Waals surface area contributed by atoms with E-state index in [1.54, 1.807) is 12.1 Å². The second-order valence-corrected chi connectivity index (χ2v) is 9.24.